The maximum absolute atomic E-state index is 12.1. The Morgan fingerprint density at radius 1 is 1.29 bits per heavy atom. The lowest BCUT2D eigenvalue weighted by atomic mass is 10.1. The summed E-state index contributed by atoms with van der Waals surface area (Å²) in [6, 6.07) is 6.06. The molecule has 0 aliphatic carbocycles. The van der Waals surface area contributed by atoms with Crippen LogP contribution < -0.4 is 5.32 Å². The summed E-state index contributed by atoms with van der Waals surface area (Å²) in [6.07, 6.45) is 0.959. The van der Waals surface area contributed by atoms with E-state index in [-0.39, 0.29) is 0 Å². The van der Waals surface area contributed by atoms with Crippen molar-refractivity contribution in [1.82, 2.24) is 15.2 Å². The first-order chi connectivity index (χ1) is 11.6. The first kappa shape index (κ1) is 16.5. The Hall–Kier alpha value is -2.34. The number of aromatic amines is 1. The highest BCUT2D eigenvalue weighted by Gasteiger charge is 2.23. The lowest BCUT2D eigenvalue weighted by Crippen LogP contribution is -2.47. The Balaban J connectivity index is 1.65. The molecule has 0 radical (unpaired) electrons. The molecule has 1 aliphatic rings. The second-order valence-corrected chi connectivity index (χ2v) is 6.05. The van der Waals surface area contributed by atoms with Gasteiger partial charge in [-0.2, -0.15) is 0 Å². The van der Waals surface area contributed by atoms with Gasteiger partial charge >= 0.3 is 11.8 Å². The summed E-state index contributed by atoms with van der Waals surface area (Å²) in [5, 5.41) is 3.88. The molecule has 2 aromatic rings. The number of aromatic nitrogens is 1. The summed E-state index contributed by atoms with van der Waals surface area (Å²) in [5.74, 6) is -1.04. The lowest BCUT2D eigenvalue weighted by Gasteiger charge is -2.26. The topological polar surface area (TPSA) is 74.4 Å². The predicted molar refractivity (Wildman–Crippen MR) is 91.7 cm³/mol. The number of amides is 2. The summed E-state index contributed by atoms with van der Waals surface area (Å²) in [6.45, 7) is 6.49. The highest BCUT2D eigenvalue weighted by Crippen LogP contribution is 2.23. The number of hydrogen-bond acceptors (Lipinski definition) is 3. The second-order valence-electron chi connectivity index (χ2n) is 6.05. The number of H-pyrrole nitrogens is 1. The van der Waals surface area contributed by atoms with Gasteiger partial charge < -0.3 is 19.9 Å². The van der Waals surface area contributed by atoms with Crippen LogP contribution in [0.5, 0.6) is 0 Å². The molecule has 1 fully saturated rings. The number of morpholine rings is 1. The third kappa shape index (κ3) is 3.28. The van der Waals surface area contributed by atoms with Gasteiger partial charge in [0.15, 0.2) is 0 Å². The number of rotatable bonds is 3. The van der Waals surface area contributed by atoms with E-state index in [1.54, 1.807) is 0 Å². The third-order valence-corrected chi connectivity index (χ3v) is 4.53. The van der Waals surface area contributed by atoms with Crippen molar-refractivity contribution in [3.8, 4) is 0 Å². The Kier molecular flexibility index (Phi) is 4.85. The summed E-state index contributed by atoms with van der Waals surface area (Å²) < 4.78 is 5.19. The molecule has 1 saturated heterocycles. The molecule has 2 heterocycles. The van der Waals surface area contributed by atoms with Crippen molar-refractivity contribution in [1.29, 1.82) is 0 Å². The normalized spacial score (nSPS) is 14.8. The number of carbonyl (C=O) groups is 2. The number of nitrogens with one attached hydrogen (secondary N) is 2. The summed E-state index contributed by atoms with van der Waals surface area (Å²) in [5.41, 5.74) is 4.55. The highest BCUT2D eigenvalue weighted by molar-refractivity contribution is 6.35. The van der Waals surface area contributed by atoms with Gasteiger partial charge in [0.05, 0.1) is 13.2 Å². The molecule has 128 valence electrons. The molecule has 1 aromatic carbocycles. The molecule has 0 spiro atoms. The van der Waals surface area contributed by atoms with Crippen molar-refractivity contribution >= 4 is 22.7 Å². The van der Waals surface area contributed by atoms with E-state index >= 15 is 0 Å². The Bertz CT molecular complexity index is 760. The fourth-order valence-corrected chi connectivity index (χ4v) is 3.06. The quantitative estimate of drug-likeness (QED) is 0.838. The van der Waals surface area contributed by atoms with Crippen LogP contribution in [0, 0.1) is 6.92 Å². The standard InChI is InChI=1S/C18H23N3O3/c1-3-15-12(2)14-10-13(4-5-16(14)20-15)11-19-17(22)18(23)21-6-8-24-9-7-21/h4-5,10,20H,3,6-9,11H2,1-2H3,(H,19,22). The summed E-state index contributed by atoms with van der Waals surface area (Å²) in [4.78, 5) is 29.1. The van der Waals surface area contributed by atoms with E-state index in [0.29, 0.717) is 32.8 Å². The van der Waals surface area contributed by atoms with Crippen molar-refractivity contribution < 1.29 is 14.3 Å². The number of fused-ring (bicyclic) bond motifs is 1. The van der Waals surface area contributed by atoms with E-state index < -0.39 is 11.8 Å². The Morgan fingerprint density at radius 2 is 2.04 bits per heavy atom. The van der Waals surface area contributed by atoms with E-state index in [4.69, 9.17) is 4.74 Å². The maximum Gasteiger partial charge on any atom is 0.312 e. The van der Waals surface area contributed by atoms with Crippen LogP contribution in [0.15, 0.2) is 18.2 Å². The van der Waals surface area contributed by atoms with Crippen molar-refractivity contribution in [3.63, 3.8) is 0 Å². The largest absolute Gasteiger partial charge is 0.378 e. The van der Waals surface area contributed by atoms with Crippen LogP contribution in [0.4, 0.5) is 0 Å². The van der Waals surface area contributed by atoms with E-state index in [1.165, 1.54) is 16.2 Å². The fraction of sp³-hybridized carbons (Fsp3) is 0.444. The average molecular weight is 329 g/mol. The van der Waals surface area contributed by atoms with Gasteiger partial charge in [0.1, 0.15) is 0 Å². The first-order valence-corrected chi connectivity index (χ1v) is 8.35. The number of ether oxygens (including phenoxy) is 1. The van der Waals surface area contributed by atoms with Gasteiger partial charge in [-0.1, -0.05) is 13.0 Å². The van der Waals surface area contributed by atoms with Crippen LogP contribution in [-0.2, 0) is 27.3 Å². The number of benzene rings is 1. The first-order valence-electron chi connectivity index (χ1n) is 8.35. The zero-order valence-electron chi connectivity index (χ0n) is 14.1. The van der Waals surface area contributed by atoms with E-state index in [0.717, 1.165) is 22.9 Å². The monoisotopic (exact) mass is 329 g/mol. The van der Waals surface area contributed by atoms with Gasteiger partial charge in [0.2, 0.25) is 0 Å². The molecule has 6 heteroatoms. The molecule has 0 saturated carbocycles. The van der Waals surface area contributed by atoms with Crippen molar-refractivity contribution in [2.45, 2.75) is 26.8 Å². The van der Waals surface area contributed by atoms with Gasteiger partial charge in [0.25, 0.3) is 0 Å². The van der Waals surface area contributed by atoms with Crippen LogP contribution in [0.25, 0.3) is 10.9 Å². The molecule has 2 amide bonds. The van der Waals surface area contributed by atoms with E-state index in [9.17, 15) is 9.59 Å². The van der Waals surface area contributed by atoms with Gasteiger partial charge in [-0.05, 0) is 36.6 Å². The molecule has 6 nitrogen and oxygen atoms in total. The Labute approximate surface area is 141 Å². The molecular weight excluding hydrogens is 306 g/mol. The molecule has 0 bridgehead atoms. The van der Waals surface area contributed by atoms with Crippen LogP contribution in [0.2, 0.25) is 0 Å². The van der Waals surface area contributed by atoms with Crippen molar-refractivity contribution in [2.75, 3.05) is 26.3 Å². The van der Waals surface area contributed by atoms with Gasteiger partial charge in [-0.25, -0.2) is 0 Å². The highest BCUT2D eigenvalue weighted by atomic mass is 16.5. The number of aryl methyl sites for hydroxylation is 2. The summed E-state index contributed by atoms with van der Waals surface area (Å²) >= 11 is 0. The fourth-order valence-electron chi connectivity index (χ4n) is 3.06. The average Bonchev–Trinajstić information content (AvgIpc) is 2.95. The number of carbonyl (C=O) groups excluding carboxylic acids is 2. The smallest absolute Gasteiger partial charge is 0.312 e. The minimum Gasteiger partial charge on any atom is -0.378 e. The van der Waals surface area contributed by atoms with Gasteiger partial charge in [-0.3, -0.25) is 9.59 Å². The molecule has 0 unspecified atom stereocenters. The third-order valence-electron chi connectivity index (χ3n) is 4.53. The van der Waals surface area contributed by atoms with Gasteiger partial charge in [0, 0.05) is 36.2 Å². The zero-order chi connectivity index (χ0) is 17.1. The predicted octanol–water partition coefficient (Wildman–Crippen LogP) is 1.51. The molecule has 2 N–H and O–H groups in total. The molecule has 1 aromatic heterocycles. The number of nitrogens with zero attached hydrogens (tertiary/aromatic N) is 1. The SMILES string of the molecule is CCc1[nH]c2ccc(CNC(=O)C(=O)N3CCOCC3)cc2c1C. The minimum absolute atomic E-state index is 0.344. The molecule has 0 atom stereocenters. The van der Waals surface area contributed by atoms with Crippen LogP contribution in [-0.4, -0.2) is 48.0 Å². The van der Waals surface area contributed by atoms with E-state index in [1.807, 2.05) is 12.1 Å². The van der Waals surface area contributed by atoms with E-state index in [2.05, 4.69) is 30.2 Å². The van der Waals surface area contributed by atoms with Crippen molar-refractivity contribution in [2.24, 2.45) is 0 Å². The van der Waals surface area contributed by atoms with Crippen molar-refractivity contribution in [3.05, 3.63) is 35.0 Å². The van der Waals surface area contributed by atoms with Crippen LogP contribution in [0.3, 0.4) is 0 Å². The minimum atomic E-state index is -0.558. The Morgan fingerprint density at radius 3 is 2.75 bits per heavy atom. The van der Waals surface area contributed by atoms with Crippen LogP contribution in [0.1, 0.15) is 23.7 Å². The molecule has 3 rings (SSSR count). The van der Waals surface area contributed by atoms with Crippen LogP contribution >= 0.6 is 0 Å². The number of hydrogen-bond donors (Lipinski definition) is 2. The second kappa shape index (κ2) is 7.05. The molecule has 24 heavy (non-hydrogen) atoms. The molecular formula is C18H23N3O3. The zero-order valence-corrected chi connectivity index (χ0v) is 14.1. The lowest BCUT2D eigenvalue weighted by molar-refractivity contribution is -0.148. The maximum atomic E-state index is 12.1. The summed E-state index contributed by atoms with van der Waals surface area (Å²) in [7, 11) is 0. The van der Waals surface area contributed by atoms with Gasteiger partial charge in [-0.15, -0.1) is 0 Å². The molecule has 1 aliphatic heterocycles.